The van der Waals surface area contributed by atoms with Crippen molar-refractivity contribution in [2.24, 2.45) is 0 Å². The zero-order chi connectivity index (χ0) is 26.7. The molecule has 3 aromatic carbocycles. The standard InChI is InChI=1S/C35H45NO3/c37-30-18-21-34-32(26-30)35(33(27-39-34)28-14-8-7-9-15-28)29-16-19-31(20-17-29)38-25-13-6-4-2-1-3-5-10-22-36-23-11-12-24-36/h7-9,14-21,26,33,35,37H,1-6,10-13,22-25,27H2/t33-,35+/m1/s1. The number of hydrogen-bond donors (Lipinski definition) is 1. The van der Waals surface area contributed by atoms with Crippen LogP contribution in [-0.4, -0.2) is 42.9 Å². The molecule has 0 radical (unpaired) electrons. The molecule has 39 heavy (non-hydrogen) atoms. The van der Waals surface area contributed by atoms with Crippen LogP contribution in [-0.2, 0) is 0 Å². The molecule has 0 aliphatic carbocycles. The molecule has 1 N–H and O–H groups in total. The highest BCUT2D eigenvalue weighted by Crippen LogP contribution is 2.47. The molecule has 2 heterocycles. The van der Waals surface area contributed by atoms with Gasteiger partial charge in [-0.1, -0.05) is 81.0 Å². The molecule has 1 fully saturated rings. The van der Waals surface area contributed by atoms with Crippen molar-refractivity contribution >= 4 is 0 Å². The lowest BCUT2D eigenvalue weighted by Crippen LogP contribution is -2.25. The number of phenolic OH excluding ortho intramolecular Hbond substituents is 1. The van der Waals surface area contributed by atoms with Crippen molar-refractivity contribution in [1.82, 2.24) is 4.90 Å². The Hall–Kier alpha value is -2.98. The number of benzene rings is 3. The van der Waals surface area contributed by atoms with Gasteiger partial charge in [0, 0.05) is 17.4 Å². The van der Waals surface area contributed by atoms with Crippen molar-refractivity contribution in [3.8, 4) is 17.2 Å². The van der Waals surface area contributed by atoms with E-state index in [4.69, 9.17) is 9.47 Å². The monoisotopic (exact) mass is 527 g/mol. The van der Waals surface area contributed by atoms with E-state index < -0.39 is 0 Å². The lowest BCUT2D eigenvalue weighted by molar-refractivity contribution is 0.248. The fraction of sp³-hybridized carbons (Fsp3) is 0.486. The summed E-state index contributed by atoms with van der Waals surface area (Å²) in [5.41, 5.74) is 3.50. The second-order valence-electron chi connectivity index (χ2n) is 11.3. The van der Waals surface area contributed by atoms with Crippen molar-refractivity contribution < 1.29 is 14.6 Å². The van der Waals surface area contributed by atoms with E-state index in [2.05, 4.69) is 53.4 Å². The van der Waals surface area contributed by atoms with Crippen LogP contribution in [0.3, 0.4) is 0 Å². The van der Waals surface area contributed by atoms with Crippen molar-refractivity contribution in [2.45, 2.75) is 76.0 Å². The van der Waals surface area contributed by atoms with Gasteiger partial charge < -0.3 is 19.5 Å². The molecule has 2 atom stereocenters. The van der Waals surface area contributed by atoms with E-state index in [-0.39, 0.29) is 17.6 Å². The van der Waals surface area contributed by atoms with Crippen LogP contribution >= 0.6 is 0 Å². The summed E-state index contributed by atoms with van der Waals surface area (Å²) in [6, 6.07) is 24.5. The van der Waals surface area contributed by atoms with Crippen LogP contribution in [0, 0.1) is 0 Å². The summed E-state index contributed by atoms with van der Waals surface area (Å²) in [4.78, 5) is 2.63. The predicted molar refractivity (Wildman–Crippen MR) is 159 cm³/mol. The highest BCUT2D eigenvalue weighted by Gasteiger charge is 2.33. The first kappa shape index (κ1) is 27.6. The first-order valence-electron chi connectivity index (χ1n) is 15.2. The second kappa shape index (κ2) is 14.4. The highest BCUT2D eigenvalue weighted by molar-refractivity contribution is 5.51. The molecule has 4 nitrogen and oxygen atoms in total. The maximum atomic E-state index is 10.2. The largest absolute Gasteiger partial charge is 0.508 e. The molecule has 0 bridgehead atoms. The smallest absolute Gasteiger partial charge is 0.123 e. The summed E-state index contributed by atoms with van der Waals surface area (Å²) in [6.07, 6.45) is 13.4. The van der Waals surface area contributed by atoms with Gasteiger partial charge in [-0.15, -0.1) is 0 Å². The lowest BCUT2D eigenvalue weighted by atomic mass is 9.76. The van der Waals surface area contributed by atoms with Gasteiger partial charge in [-0.3, -0.25) is 0 Å². The summed E-state index contributed by atoms with van der Waals surface area (Å²) in [7, 11) is 0. The Kier molecular flexibility index (Phi) is 10.2. The van der Waals surface area contributed by atoms with E-state index in [9.17, 15) is 5.11 Å². The molecule has 0 saturated carbocycles. The molecular weight excluding hydrogens is 482 g/mol. The van der Waals surface area contributed by atoms with Crippen LogP contribution in [0.25, 0.3) is 0 Å². The molecule has 208 valence electrons. The van der Waals surface area contributed by atoms with E-state index in [1.807, 2.05) is 18.2 Å². The highest BCUT2D eigenvalue weighted by atomic mass is 16.5. The van der Waals surface area contributed by atoms with Gasteiger partial charge in [0.1, 0.15) is 17.2 Å². The van der Waals surface area contributed by atoms with Crippen LogP contribution in [0.1, 0.15) is 92.7 Å². The SMILES string of the molecule is Oc1ccc2c(c1)[C@H](c1ccc(OCCCCCCCCCCN3CCCC3)cc1)[C@@H](c1ccccc1)CO2. The molecule has 2 aliphatic heterocycles. The number of nitrogens with zero attached hydrogens (tertiary/aromatic N) is 1. The molecule has 0 aromatic heterocycles. The van der Waals surface area contributed by atoms with Crippen LogP contribution < -0.4 is 9.47 Å². The van der Waals surface area contributed by atoms with Crippen LogP contribution in [0.5, 0.6) is 17.2 Å². The van der Waals surface area contributed by atoms with Crippen molar-refractivity contribution in [2.75, 3.05) is 32.8 Å². The first-order valence-corrected chi connectivity index (χ1v) is 15.2. The number of unbranched alkanes of at least 4 members (excludes halogenated alkanes) is 7. The second-order valence-corrected chi connectivity index (χ2v) is 11.3. The Morgan fingerprint density at radius 2 is 1.44 bits per heavy atom. The van der Waals surface area contributed by atoms with Gasteiger partial charge in [0.15, 0.2) is 0 Å². The maximum absolute atomic E-state index is 10.2. The molecule has 0 unspecified atom stereocenters. The quantitative estimate of drug-likeness (QED) is 0.214. The van der Waals surface area contributed by atoms with Crippen molar-refractivity contribution in [1.29, 1.82) is 0 Å². The number of aromatic hydroxyl groups is 1. The minimum Gasteiger partial charge on any atom is -0.508 e. The topological polar surface area (TPSA) is 41.9 Å². The third-order valence-corrected chi connectivity index (χ3v) is 8.45. The van der Waals surface area contributed by atoms with E-state index in [0.29, 0.717) is 6.61 Å². The van der Waals surface area contributed by atoms with Gasteiger partial charge in [-0.25, -0.2) is 0 Å². The summed E-state index contributed by atoms with van der Waals surface area (Å²) in [5, 5.41) is 10.2. The van der Waals surface area contributed by atoms with Crippen LogP contribution in [0.2, 0.25) is 0 Å². The maximum Gasteiger partial charge on any atom is 0.123 e. The Balaban J connectivity index is 1.06. The molecular formula is C35H45NO3. The van der Waals surface area contributed by atoms with Gasteiger partial charge >= 0.3 is 0 Å². The number of fused-ring (bicyclic) bond motifs is 1. The number of rotatable bonds is 14. The third kappa shape index (κ3) is 7.79. The minimum absolute atomic E-state index is 0.109. The predicted octanol–water partition coefficient (Wildman–Crippen LogP) is 8.30. The van der Waals surface area contributed by atoms with Crippen molar-refractivity contribution in [3.63, 3.8) is 0 Å². The lowest BCUT2D eigenvalue weighted by Gasteiger charge is -2.34. The van der Waals surface area contributed by atoms with E-state index in [1.165, 1.54) is 88.5 Å². The van der Waals surface area contributed by atoms with E-state index in [1.54, 1.807) is 6.07 Å². The molecule has 4 heteroatoms. The molecule has 2 aliphatic rings. The van der Waals surface area contributed by atoms with Crippen molar-refractivity contribution in [3.05, 3.63) is 89.5 Å². The minimum atomic E-state index is 0.109. The molecule has 0 amide bonds. The third-order valence-electron chi connectivity index (χ3n) is 8.45. The molecule has 3 aromatic rings. The molecule has 5 rings (SSSR count). The average molecular weight is 528 g/mol. The van der Waals surface area contributed by atoms with Gasteiger partial charge in [0.2, 0.25) is 0 Å². The number of likely N-dealkylation sites (tertiary alicyclic amines) is 1. The number of ether oxygens (including phenoxy) is 2. The van der Waals surface area contributed by atoms with Gasteiger partial charge in [0.05, 0.1) is 13.2 Å². The van der Waals surface area contributed by atoms with Crippen LogP contribution in [0.4, 0.5) is 0 Å². The summed E-state index contributed by atoms with van der Waals surface area (Å²) >= 11 is 0. The summed E-state index contributed by atoms with van der Waals surface area (Å²) in [5.74, 6) is 2.34. The molecule has 0 spiro atoms. The average Bonchev–Trinajstić information content (AvgIpc) is 3.50. The van der Waals surface area contributed by atoms with E-state index in [0.717, 1.165) is 30.1 Å². The zero-order valence-electron chi connectivity index (χ0n) is 23.4. The Bertz CT molecular complexity index is 1120. The Morgan fingerprint density at radius 1 is 0.744 bits per heavy atom. The summed E-state index contributed by atoms with van der Waals surface area (Å²) in [6.45, 7) is 5.37. The van der Waals surface area contributed by atoms with Gasteiger partial charge in [-0.2, -0.15) is 0 Å². The fourth-order valence-electron chi connectivity index (χ4n) is 6.27. The summed E-state index contributed by atoms with van der Waals surface area (Å²) < 4.78 is 12.2. The normalized spacial score (nSPS) is 19.0. The fourth-order valence-corrected chi connectivity index (χ4v) is 6.27. The number of hydrogen-bond acceptors (Lipinski definition) is 4. The zero-order valence-corrected chi connectivity index (χ0v) is 23.4. The van der Waals surface area contributed by atoms with Crippen LogP contribution in [0.15, 0.2) is 72.8 Å². The first-order chi connectivity index (χ1) is 19.3. The number of phenols is 1. The van der Waals surface area contributed by atoms with Gasteiger partial charge in [0.25, 0.3) is 0 Å². The van der Waals surface area contributed by atoms with Gasteiger partial charge in [-0.05, 0) is 86.8 Å². The Labute approximate surface area is 235 Å². The van der Waals surface area contributed by atoms with E-state index >= 15 is 0 Å². The Morgan fingerprint density at radius 3 is 2.18 bits per heavy atom. The molecule has 1 saturated heterocycles.